The van der Waals surface area contributed by atoms with Crippen molar-refractivity contribution >= 4 is 40.5 Å². The summed E-state index contributed by atoms with van der Waals surface area (Å²) in [4.78, 5) is 64.1. The van der Waals surface area contributed by atoms with Crippen LogP contribution in [-0.2, 0) is 46.5 Å². The number of aliphatic hydroxyl groups excluding tert-OH is 3. The number of hydrogen-bond acceptors (Lipinski definition) is 16. The first-order valence-electron chi connectivity index (χ1n) is 38.1. The summed E-state index contributed by atoms with van der Waals surface area (Å²) in [5.74, 6) is 0.372. The highest BCUT2D eigenvalue weighted by Gasteiger charge is 2.26. The fourth-order valence-electron chi connectivity index (χ4n) is 13.8. The van der Waals surface area contributed by atoms with Crippen LogP contribution in [0.25, 0.3) is 33.4 Å². The lowest BCUT2D eigenvalue weighted by molar-refractivity contribution is -0.127. The number of likely N-dealkylation sites (tertiary alicyclic amines) is 1. The summed E-state index contributed by atoms with van der Waals surface area (Å²) in [5.41, 5.74) is 18.0. The molecule has 8 aromatic rings. The van der Waals surface area contributed by atoms with Crippen molar-refractivity contribution in [3.05, 3.63) is 204 Å². The average Bonchev–Trinajstić information content (AvgIpc) is 0.925. The molecule has 5 aliphatic heterocycles. The molecule has 4 aromatic heterocycles. The van der Waals surface area contributed by atoms with Crippen LogP contribution in [0.5, 0.6) is 0 Å². The van der Waals surface area contributed by atoms with Gasteiger partial charge in [-0.25, -0.2) is 0 Å². The summed E-state index contributed by atoms with van der Waals surface area (Å²) < 4.78 is 0. The van der Waals surface area contributed by atoms with Gasteiger partial charge in [-0.15, -0.1) is 0 Å². The summed E-state index contributed by atoms with van der Waals surface area (Å²) in [6.07, 6.45) is 29.6. The van der Waals surface area contributed by atoms with Gasteiger partial charge in [0.1, 0.15) is 0 Å². The number of nitrogens with zero attached hydrogens (tertiary/aromatic N) is 9. The summed E-state index contributed by atoms with van der Waals surface area (Å²) in [5, 5.41) is 40.8. The molecule has 5 saturated heterocycles. The van der Waals surface area contributed by atoms with Gasteiger partial charge in [0.15, 0.2) is 0 Å². The minimum absolute atomic E-state index is 0.0318. The fourth-order valence-corrected chi connectivity index (χ4v) is 13.8. The number of aromatic nitrogens is 4. The van der Waals surface area contributed by atoms with E-state index in [-0.39, 0.29) is 31.6 Å². The van der Waals surface area contributed by atoms with Crippen LogP contribution in [-0.4, -0.2) is 180 Å². The molecule has 104 heavy (non-hydrogen) atoms. The number of nitrogens with one attached hydrogen (secondary N) is 4. The smallest absolute Gasteiger partial charge is 0.223 e. The molecule has 3 amide bonds. The number of anilines is 4. The number of amides is 3. The largest absolute Gasteiger partial charge is 0.396 e. The van der Waals surface area contributed by atoms with Gasteiger partial charge in [-0.2, -0.15) is 0 Å². The summed E-state index contributed by atoms with van der Waals surface area (Å²) in [6.45, 7) is 19.8. The molecule has 0 saturated carbocycles. The second kappa shape index (κ2) is 41.0. The number of aryl methyl sites for hydroxylation is 2. The topological polar surface area (TPSA) is 228 Å². The maximum Gasteiger partial charge on any atom is 0.223 e. The molecule has 7 N–H and O–H groups in total. The highest BCUT2D eigenvalue weighted by Crippen LogP contribution is 2.30. The Morgan fingerprint density at radius 3 is 1.26 bits per heavy atom. The van der Waals surface area contributed by atoms with E-state index >= 15 is 0 Å². The SMILES string of the molecule is CC(=O)N(CC1CCN1)c1cncc(-c2cccc(CCCO)c2)c1.CC(=O)N(CC1CCN1)c1cncc(Cc2cccc(CCO)c2)c1.CCN(CC[C@@H]1CCN1)c1cncc(-c2cccc(CCCO)c2)c1.CCN(CC[C@@H]1CCN1)c1cncc(-c2cccc(CCN3CCCC3=O)c2)c1. The van der Waals surface area contributed by atoms with Crippen molar-refractivity contribution in [3.8, 4) is 33.4 Å². The first-order chi connectivity index (χ1) is 50.8. The predicted octanol–water partition coefficient (Wildman–Crippen LogP) is 11.1. The molecule has 2 unspecified atom stereocenters. The molecule has 0 radical (unpaired) electrons. The minimum Gasteiger partial charge on any atom is -0.396 e. The molecule has 0 aliphatic carbocycles. The first-order valence-corrected chi connectivity index (χ1v) is 38.1. The van der Waals surface area contributed by atoms with Crippen LogP contribution in [0, 0.1) is 0 Å². The van der Waals surface area contributed by atoms with Crippen LogP contribution >= 0.6 is 0 Å². The third kappa shape index (κ3) is 23.6. The maximum absolute atomic E-state index is 12.1. The van der Waals surface area contributed by atoms with Crippen LogP contribution < -0.4 is 40.9 Å². The third-order valence-corrected chi connectivity index (χ3v) is 20.5. The molecule has 4 aromatic carbocycles. The van der Waals surface area contributed by atoms with Crippen LogP contribution in [0.4, 0.5) is 22.7 Å². The van der Waals surface area contributed by atoms with Gasteiger partial charge in [-0.05, 0) is 204 Å². The number of rotatable bonds is 32. The molecule has 19 nitrogen and oxygen atoms in total. The van der Waals surface area contributed by atoms with Crippen molar-refractivity contribution in [1.29, 1.82) is 0 Å². The van der Waals surface area contributed by atoms with Crippen molar-refractivity contribution in [1.82, 2.24) is 46.1 Å². The number of hydrogen-bond donors (Lipinski definition) is 7. The lowest BCUT2D eigenvalue weighted by Crippen LogP contribution is -2.51. The highest BCUT2D eigenvalue weighted by atomic mass is 16.3. The zero-order chi connectivity index (χ0) is 72.8. The molecule has 19 heteroatoms. The Hall–Kier alpha value is -8.79. The van der Waals surface area contributed by atoms with Gasteiger partial charge in [-0.1, -0.05) is 97.1 Å². The number of carbonyl (C=O) groups is 3. The molecular formula is C85H111N13O6. The van der Waals surface area contributed by atoms with Gasteiger partial charge in [0.2, 0.25) is 17.7 Å². The normalized spacial score (nSPS) is 17.0. The first kappa shape index (κ1) is 77.8. The third-order valence-electron chi connectivity index (χ3n) is 20.5. The Kier molecular flexibility index (Phi) is 30.7. The quantitative estimate of drug-likeness (QED) is 0.0208. The van der Waals surface area contributed by atoms with Gasteiger partial charge in [-0.3, -0.25) is 34.3 Å². The van der Waals surface area contributed by atoms with Gasteiger partial charge in [0.05, 0.1) is 47.5 Å². The zero-order valence-corrected chi connectivity index (χ0v) is 61.8. The lowest BCUT2D eigenvalue weighted by Gasteiger charge is -2.33. The van der Waals surface area contributed by atoms with Crippen LogP contribution in [0.2, 0.25) is 0 Å². The number of benzene rings is 4. The van der Waals surface area contributed by atoms with Crippen LogP contribution in [0.3, 0.4) is 0 Å². The molecular weight excluding hydrogens is 1300 g/mol. The fraction of sp³-hybridized carbons (Fsp3) is 0.447. The number of carbonyl (C=O) groups excluding carboxylic acids is 3. The van der Waals surface area contributed by atoms with Crippen LogP contribution in [0.1, 0.15) is 125 Å². The zero-order valence-electron chi connectivity index (χ0n) is 61.8. The van der Waals surface area contributed by atoms with Gasteiger partial charge >= 0.3 is 0 Å². The van der Waals surface area contributed by atoms with Gasteiger partial charge in [0.25, 0.3) is 0 Å². The number of pyridine rings is 4. The van der Waals surface area contributed by atoms with E-state index in [9.17, 15) is 14.4 Å². The Morgan fingerprint density at radius 1 is 0.452 bits per heavy atom. The Bertz CT molecular complexity index is 3970. The lowest BCUT2D eigenvalue weighted by atomic mass is 10.0. The predicted molar refractivity (Wildman–Crippen MR) is 420 cm³/mol. The van der Waals surface area contributed by atoms with E-state index in [0.29, 0.717) is 56.0 Å². The second-order valence-corrected chi connectivity index (χ2v) is 28.1. The van der Waals surface area contributed by atoms with E-state index in [0.717, 1.165) is 161 Å². The molecule has 552 valence electrons. The summed E-state index contributed by atoms with van der Waals surface area (Å²) >= 11 is 0. The highest BCUT2D eigenvalue weighted by molar-refractivity contribution is 5.92. The van der Waals surface area contributed by atoms with Crippen molar-refractivity contribution < 1.29 is 29.7 Å². The molecule has 0 spiro atoms. The van der Waals surface area contributed by atoms with Gasteiger partial charge in [0, 0.05) is 158 Å². The Morgan fingerprint density at radius 2 is 0.856 bits per heavy atom. The van der Waals surface area contributed by atoms with Crippen molar-refractivity contribution in [3.63, 3.8) is 0 Å². The van der Waals surface area contributed by atoms with E-state index in [1.807, 2.05) is 72.4 Å². The van der Waals surface area contributed by atoms with E-state index < -0.39 is 0 Å². The minimum atomic E-state index is 0.0318. The van der Waals surface area contributed by atoms with Crippen molar-refractivity contribution in [2.45, 2.75) is 148 Å². The Balaban J connectivity index is 0.000000149. The molecule has 5 fully saturated rings. The molecule has 9 heterocycles. The van der Waals surface area contributed by atoms with Crippen molar-refractivity contribution in [2.75, 3.05) is 118 Å². The van der Waals surface area contributed by atoms with E-state index in [1.165, 1.54) is 77.0 Å². The average molecular weight is 1410 g/mol. The summed E-state index contributed by atoms with van der Waals surface area (Å²) in [6, 6.07) is 44.4. The van der Waals surface area contributed by atoms with E-state index in [4.69, 9.17) is 15.3 Å². The van der Waals surface area contributed by atoms with E-state index in [2.05, 4.69) is 156 Å². The van der Waals surface area contributed by atoms with Crippen LogP contribution in [0.15, 0.2) is 171 Å². The molecule has 0 bridgehead atoms. The van der Waals surface area contributed by atoms with Gasteiger partial charge < -0.3 is 61.1 Å². The monoisotopic (exact) mass is 1410 g/mol. The van der Waals surface area contributed by atoms with E-state index in [1.54, 1.807) is 36.0 Å². The standard InChI is InChI=1S/C24H32N4O.C21H29N3O.2C20H25N3O2/c1-2-27(14-10-22-8-11-26-22)23-16-21(17-25-18-23)20-6-3-5-19(15-20)9-13-28-12-4-7-24(28)29;1-2-24(11-9-20-8-10-23-20)21-14-19(15-22-16-21)18-7-3-5-17(13-18)6-4-12-25;1-15(25)23(14-19-7-8-22-19)20-11-18(12-21-13-20)17-6-2-4-16(10-17)5-3-9-24;1-15(25)23(14-19-5-7-22-19)20-11-18(12-21-13-20)10-17-4-2-3-16(9-17)6-8-24/h3,5-6,15-18,22,26H,2,4,7-14H2,1H3;3,5,7,13-16,20,23,25H,2,4,6,8-12H2,1H3;2,4,6,10-13,19,22,24H,3,5,7-9,14H2,1H3;2-4,9,11-13,19,22,24H,5-8,10,14H2,1H3/t22-;20-;;/m00../s1. The number of aliphatic hydroxyl groups is 3. The second-order valence-electron chi connectivity index (χ2n) is 28.1. The molecule has 5 aliphatic rings. The summed E-state index contributed by atoms with van der Waals surface area (Å²) in [7, 11) is 0. The van der Waals surface area contributed by atoms with Crippen molar-refractivity contribution in [2.24, 2.45) is 0 Å². The molecule has 4 atom stereocenters. The molecule has 13 rings (SSSR count). The maximum atomic E-state index is 12.1. The Labute approximate surface area is 617 Å².